The molecular formula is C32H54N4O4S. The summed E-state index contributed by atoms with van der Waals surface area (Å²) in [4.78, 5) is 20.6. The van der Waals surface area contributed by atoms with Crippen LogP contribution in [0.25, 0.3) is 11.4 Å². The topological polar surface area (TPSA) is 119 Å². The number of nitrogens with one attached hydrogen (secondary N) is 2. The number of aromatic nitrogens is 2. The van der Waals surface area contributed by atoms with Gasteiger partial charge in [0.1, 0.15) is 11.6 Å². The first kappa shape index (κ1) is 36.5. The number of aliphatic hydroxyl groups excluding tert-OH is 1. The van der Waals surface area contributed by atoms with Gasteiger partial charge in [-0.15, -0.1) is 0 Å². The molecule has 1 aromatic carbocycles. The van der Waals surface area contributed by atoms with Crippen LogP contribution in [0.4, 0.5) is 0 Å². The van der Waals surface area contributed by atoms with Gasteiger partial charge in [-0.3, -0.25) is 4.79 Å². The second-order valence-corrected chi connectivity index (χ2v) is 12.7. The minimum atomic E-state index is -2.72. The van der Waals surface area contributed by atoms with E-state index >= 15 is 0 Å². The number of unbranched alkanes of at least 4 members (excludes halogenated alkanes) is 2. The first-order valence-electron chi connectivity index (χ1n) is 15.2. The van der Waals surface area contributed by atoms with Crippen molar-refractivity contribution in [2.24, 2.45) is 5.92 Å². The van der Waals surface area contributed by atoms with Crippen molar-refractivity contribution in [2.75, 3.05) is 26.3 Å². The van der Waals surface area contributed by atoms with Crippen molar-refractivity contribution >= 4 is 21.3 Å². The van der Waals surface area contributed by atoms with E-state index in [0.29, 0.717) is 65.2 Å². The molecular weight excluding hydrogens is 536 g/mol. The Kier molecular flexibility index (Phi) is 16.8. The minimum Gasteiger partial charge on any atom is -0.493 e. The zero-order chi connectivity index (χ0) is 31.0. The maximum Gasteiger partial charge on any atom is 0.254 e. The normalized spacial score (nSPS) is 14.5. The molecule has 0 spiro atoms. The van der Waals surface area contributed by atoms with Crippen molar-refractivity contribution < 1.29 is 14.1 Å². The molecule has 2 heterocycles. The summed E-state index contributed by atoms with van der Waals surface area (Å²) in [5.74, 6) is 5.23. The smallest absolute Gasteiger partial charge is 0.254 e. The molecule has 0 aliphatic carbocycles. The van der Waals surface area contributed by atoms with Crippen LogP contribution in [0.15, 0.2) is 27.9 Å². The van der Waals surface area contributed by atoms with E-state index in [2.05, 4.69) is 43.5 Å². The molecule has 3 rings (SSSR count). The zero-order valence-corrected chi connectivity index (χ0v) is 27.3. The summed E-state index contributed by atoms with van der Waals surface area (Å²) in [6.07, 6.45) is 8.22. The third-order valence-corrected chi connectivity index (χ3v) is 9.05. The quantitative estimate of drug-likeness (QED) is 0.179. The summed E-state index contributed by atoms with van der Waals surface area (Å²) in [7, 11) is -2.72. The molecule has 1 atom stereocenters. The summed E-state index contributed by atoms with van der Waals surface area (Å²) in [5.41, 5.74) is 1.29. The molecule has 0 saturated carbocycles. The Morgan fingerprint density at radius 1 is 1.12 bits per heavy atom. The van der Waals surface area contributed by atoms with Gasteiger partial charge < -0.3 is 20.2 Å². The molecule has 8 nitrogen and oxygen atoms in total. The number of ether oxygens (including phenoxy) is 1. The Hall–Kier alpha value is -2.49. The van der Waals surface area contributed by atoms with Crippen molar-refractivity contribution in [1.29, 1.82) is 5.41 Å². The van der Waals surface area contributed by atoms with Crippen LogP contribution < -0.4 is 10.3 Å². The Morgan fingerprint density at radius 2 is 1.73 bits per heavy atom. The summed E-state index contributed by atoms with van der Waals surface area (Å²) < 4.78 is 21.3. The number of hydrogen-bond acceptors (Lipinski definition) is 6. The van der Waals surface area contributed by atoms with Crippen molar-refractivity contribution in [3.8, 4) is 17.1 Å². The molecule has 1 aliphatic rings. The van der Waals surface area contributed by atoms with Crippen LogP contribution in [0.2, 0.25) is 0 Å². The van der Waals surface area contributed by atoms with Gasteiger partial charge in [0, 0.05) is 30.2 Å². The van der Waals surface area contributed by atoms with E-state index in [9.17, 15) is 9.00 Å². The lowest BCUT2D eigenvalue weighted by atomic mass is 9.98. The molecule has 41 heavy (non-hydrogen) atoms. The van der Waals surface area contributed by atoms with Crippen LogP contribution in [0.5, 0.6) is 5.75 Å². The second-order valence-electron chi connectivity index (χ2n) is 10.4. The number of hydrogen-bond donors (Lipinski definition) is 3. The van der Waals surface area contributed by atoms with Crippen LogP contribution in [0, 0.1) is 18.3 Å². The van der Waals surface area contributed by atoms with E-state index in [4.69, 9.17) is 15.3 Å². The predicted octanol–water partition coefficient (Wildman–Crippen LogP) is 6.62. The van der Waals surface area contributed by atoms with Crippen molar-refractivity contribution in [3.05, 3.63) is 39.8 Å². The van der Waals surface area contributed by atoms with E-state index in [0.717, 1.165) is 19.3 Å². The molecule has 3 N–H and O–H groups in total. The lowest BCUT2D eigenvalue weighted by molar-refractivity contribution is 0.179. The molecule has 1 aliphatic heterocycles. The summed E-state index contributed by atoms with van der Waals surface area (Å²) in [5, 5.41) is 17.4. The van der Waals surface area contributed by atoms with Gasteiger partial charge in [-0.25, -0.2) is 13.5 Å². The largest absolute Gasteiger partial charge is 0.493 e. The standard InChI is InChI=1S/C24H34N4O4S.2C4H10/c1-5-8-20(25)22-16(3)24(30)27-23(26-22)19-13-18(10-11-21(19)32-6-2)33(4,31)28-14-17(15-28)9-7-12-29;2*1-3-4-2/h10-11,13,17,25,29H,4-9,12,14-15H2,1-3H3,(H,26,27,30);2*3-4H2,1-2H3. The number of H-pyrrole nitrogens is 1. The first-order chi connectivity index (χ1) is 19.5. The maximum atomic E-state index is 13.6. The summed E-state index contributed by atoms with van der Waals surface area (Å²) >= 11 is 0. The van der Waals surface area contributed by atoms with Gasteiger partial charge in [-0.1, -0.05) is 66.7 Å². The number of aliphatic hydroxyl groups is 1. The van der Waals surface area contributed by atoms with Gasteiger partial charge in [0.2, 0.25) is 0 Å². The highest BCUT2D eigenvalue weighted by Crippen LogP contribution is 2.34. The lowest BCUT2D eigenvalue weighted by Crippen LogP contribution is -2.49. The molecule has 0 amide bonds. The highest BCUT2D eigenvalue weighted by Gasteiger charge is 2.33. The van der Waals surface area contributed by atoms with Gasteiger partial charge in [0.05, 0.1) is 33.3 Å². The third-order valence-electron chi connectivity index (χ3n) is 6.92. The Morgan fingerprint density at radius 3 is 2.24 bits per heavy atom. The predicted molar refractivity (Wildman–Crippen MR) is 174 cm³/mol. The molecule has 1 fully saturated rings. The number of rotatable bonds is 13. The van der Waals surface area contributed by atoms with E-state index in [1.807, 2.05) is 18.2 Å². The third kappa shape index (κ3) is 10.7. The van der Waals surface area contributed by atoms with Gasteiger partial charge in [-0.2, -0.15) is 0 Å². The molecule has 1 unspecified atom stereocenters. The zero-order valence-electron chi connectivity index (χ0n) is 26.5. The van der Waals surface area contributed by atoms with Gasteiger partial charge in [-0.05, 0) is 63.1 Å². The average Bonchev–Trinajstić information content (AvgIpc) is 2.94. The van der Waals surface area contributed by atoms with Crippen molar-refractivity contribution in [3.63, 3.8) is 0 Å². The number of nitrogens with zero attached hydrogens (tertiary/aromatic N) is 2. The highest BCUT2D eigenvalue weighted by molar-refractivity contribution is 7.98. The summed E-state index contributed by atoms with van der Waals surface area (Å²) in [6.45, 7) is 16.1. The molecule has 9 heteroatoms. The van der Waals surface area contributed by atoms with E-state index in [-0.39, 0.29) is 18.0 Å². The molecule has 0 radical (unpaired) electrons. The van der Waals surface area contributed by atoms with Crippen LogP contribution in [-0.2, 0) is 9.71 Å². The molecule has 2 aromatic rings. The minimum absolute atomic E-state index is 0.165. The Balaban J connectivity index is 0.000000930. The summed E-state index contributed by atoms with van der Waals surface area (Å²) in [6, 6.07) is 5.21. The highest BCUT2D eigenvalue weighted by atomic mass is 32.2. The van der Waals surface area contributed by atoms with Crippen molar-refractivity contribution in [1.82, 2.24) is 14.3 Å². The average molecular weight is 591 g/mol. The number of benzene rings is 1. The molecule has 232 valence electrons. The van der Waals surface area contributed by atoms with E-state index in [1.54, 1.807) is 25.1 Å². The van der Waals surface area contributed by atoms with Crippen LogP contribution in [0.1, 0.15) is 104 Å². The first-order valence-corrected chi connectivity index (χ1v) is 16.9. The molecule has 1 saturated heterocycles. The van der Waals surface area contributed by atoms with Crippen LogP contribution in [-0.4, -0.2) is 61.5 Å². The van der Waals surface area contributed by atoms with Crippen molar-refractivity contribution in [2.45, 2.75) is 105 Å². The second kappa shape index (κ2) is 18.8. The monoisotopic (exact) mass is 590 g/mol. The van der Waals surface area contributed by atoms with Gasteiger partial charge in [0.15, 0.2) is 0 Å². The fraction of sp³-hybridized carbons (Fsp3) is 0.625. The lowest BCUT2D eigenvalue weighted by Gasteiger charge is -2.41. The Labute approximate surface area is 248 Å². The Bertz CT molecular complexity index is 1230. The fourth-order valence-electron chi connectivity index (χ4n) is 3.97. The maximum absolute atomic E-state index is 13.6. The fourth-order valence-corrected chi connectivity index (χ4v) is 5.76. The molecule has 1 aromatic heterocycles. The van der Waals surface area contributed by atoms with E-state index < -0.39 is 9.71 Å². The van der Waals surface area contributed by atoms with E-state index in [1.165, 1.54) is 25.7 Å². The SMILES string of the molecule is C=S(=O)(c1ccc(OCC)c(-c2nc(C(=N)CCC)c(C)c(=O)[nH]2)c1)N1CC(CCCO)C1.CCCC.CCCC. The van der Waals surface area contributed by atoms with Crippen LogP contribution in [0.3, 0.4) is 0 Å². The molecule has 0 bridgehead atoms. The number of aromatic amines is 1. The van der Waals surface area contributed by atoms with Gasteiger partial charge >= 0.3 is 0 Å². The van der Waals surface area contributed by atoms with Crippen LogP contribution >= 0.6 is 0 Å². The van der Waals surface area contributed by atoms with Gasteiger partial charge in [0.25, 0.3) is 5.56 Å².